The average molecular weight is 228 g/mol. The largest absolute Gasteiger partial charge is 0.396 e. The number of hydrogen-bond acceptors (Lipinski definition) is 5. The normalized spacial score (nSPS) is 11.9. The van der Waals surface area contributed by atoms with E-state index in [2.05, 4.69) is 0 Å². The van der Waals surface area contributed by atoms with Gasteiger partial charge < -0.3 is 14.2 Å². The van der Waals surface area contributed by atoms with E-state index in [1.165, 1.54) is 11.8 Å². The Bertz CT molecular complexity index is 155. The molecule has 0 aliphatic heterocycles. The Morgan fingerprint density at radius 3 is 2.23 bits per heavy atom. The number of aliphatic hydroxyl groups excluding tert-OH is 1. The molecule has 0 heterocycles. The van der Waals surface area contributed by atoms with Crippen LogP contribution in [0.15, 0.2) is 0 Å². The van der Waals surface area contributed by atoms with E-state index in [4.69, 9.17) is 14.2 Å². The van der Waals surface area contributed by atoms with Crippen molar-refractivity contribution in [2.24, 2.45) is 0 Å². The molecule has 0 saturated heterocycles. The molecule has 0 rings (SSSR count). The molecule has 6 heteroatoms. The minimum Gasteiger partial charge on any atom is -0.396 e. The molecular formula is C7H17O4PS. The smallest absolute Gasteiger partial charge is 0.340 e. The van der Waals surface area contributed by atoms with Crippen molar-refractivity contribution in [2.45, 2.75) is 13.8 Å². The topological polar surface area (TPSA) is 55.8 Å². The van der Waals surface area contributed by atoms with Gasteiger partial charge in [0.25, 0.3) is 0 Å². The second kappa shape index (κ2) is 7.83. The zero-order valence-electron chi connectivity index (χ0n) is 8.06. The van der Waals surface area contributed by atoms with Crippen LogP contribution in [-0.4, -0.2) is 36.2 Å². The molecular weight excluding hydrogens is 211 g/mol. The lowest BCUT2D eigenvalue weighted by Gasteiger charge is -2.15. The van der Waals surface area contributed by atoms with Crippen LogP contribution in [-0.2, 0) is 13.6 Å². The van der Waals surface area contributed by atoms with Crippen LogP contribution in [0.2, 0.25) is 0 Å². The summed E-state index contributed by atoms with van der Waals surface area (Å²) in [6.07, 6.45) is 0. The van der Waals surface area contributed by atoms with E-state index in [1.807, 2.05) is 0 Å². The Kier molecular flexibility index (Phi) is 8.10. The van der Waals surface area contributed by atoms with Gasteiger partial charge in [-0.05, 0) is 13.8 Å². The maximum Gasteiger partial charge on any atom is 0.340 e. The molecule has 0 spiro atoms. The molecule has 0 unspecified atom stereocenters. The van der Waals surface area contributed by atoms with Crippen LogP contribution in [0.5, 0.6) is 0 Å². The molecule has 0 amide bonds. The minimum atomic E-state index is -2.90. The van der Waals surface area contributed by atoms with Crippen molar-refractivity contribution >= 4 is 19.4 Å². The Morgan fingerprint density at radius 1 is 1.31 bits per heavy atom. The molecule has 13 heavy (non-hydrogen) atoms. The van der Waals surface area contributed by atoms with E-state index in [-0.39, 0.29) is 6.61 Å². The van der Waals surface area contributed by atoms with E-state index in [1.54, 1.807) is 13.8 Å². The summed E-state index contributed by atoms with van der Waals surface area (Å²) in [5.41, 5.74) is 0.315. The van der Waals surface area contributed by atoms with Crippen LogP contribution in [0.4, 0.5) is 0 Å². The molecule has 0 aliphatic rings. The number of hydrogen-bond donors (Lipinski definition) is 1. The van der Waals surface area contributed by atoms with Gasteiger partial charge in [0, 0.05) is 5.75 Å². The molecule has 0 atom stereocenters. The zero-order chi connectivity index (χ0) is 10.2. The fraction of sp³-hybridized carbons (Fsp3) is 1.00. The monoisotopic (exact) mass is 228 g/mol. The summed E-state index contributed by atoms with van der Waals surface area (Å²) in [6.45, 7) is 4.42. The third-order valence-corrected chi connectivity index (χ3v) is 4.91. The fourth-order valence-electron chi connectivity index (χ4n) is 0.746. The summed E-state index contributed by atoms with van der Waals surface area (Å²) in [5, 5.41) is 8.53. The molecule has 4 nitrogen and oxygen atoms in total. The van der Waals surface area contributed by atoms with Gasteiger partial charge in [0.1, 0.15) is 0 Å². The van der Waals surface area contributed by atoms with Crippen molar-refractivity contribution in [3.63, 3.8) is 0 Å². The third-order valence-electron chi connectivity index (χ3n) is 1.14. The molecule has 0 aliphatic carbocycles. The standard InChI is InChI=1S/C7H17O4PS/c1-3-10-12(9,11-4-2)7-13-6-5-8/h8H,3-7H2,1-2H3. The predicted octanol–water partition coefficient (Wildman–Crippen LogP) is 1.94. The first-order chi connectivity index (χ1) is 6.18. The van der Waals surface area contributed by atoms with Gasteiger partial charge in [0.2, 0.25) is 0 Å². The fourth-order valence-corrected chi connectivity index (χ4v) is 3.74. The molecule has 0 aromatic rings. The molecule has 80 valence electrons. The van der Waals surface area contributed by atoms with Crippen molar-refractivity contribution in [3.05, 3.63) is 0 Å². The highest BCUT2D eigenvalue weighted by atomic mass is 32.2. The molecule has 0 fully saturated rings. The van der Waals surface area contributed by atoms with Crippen molar-refractivity contribution in [1.82, 2.24) is 0 Å². The van der Waals surface area contributed by atoms with Gasteiger partial charge in [-0.3, -0.25) is 4.57 Å². The molecule has 0 bridgehead atoms. The van der Waals surface area contributed by atoms with Crippen LogP contribution >= 0.6 is 19.4 Å². The lowest BCUT2D eigenvalue weighted by Crippen LogP contribution is -1.99. The summed E-state index contributed by atoms with van der Waals surface area (Å²) >= 11 is 1.38. The highest BCUT2D eigenvalue weighted by Gasteiger charge is 2.22. The average Bonchev–Trinajstić information content (AvgIpc) is 2.05. The Labute approximate surface area is 83.5 Å². The van der Waals surface area contributed by atoms with E-state index >= 15 is 0 Å². The van der Waals surface area contributed by atoms with Crippen molar-refractivity contribution < 1.29 is 18.7 Å². The van der Waals surface area contributed by atoms with E-state index in [9.17, 15) is 4.57 Å². The summed E-state index contributed by atoms with van der Waals surface area (Å²) in [4.78, 5) is 0. The van der Waals surface area contributed by atoms with Crippen LogP contribution in [0, 0.1) is 0 Å². The van der Waals surface area contributed by atoms with E-state index in [0.29, 0.717) is 24.5 Å². The van der Waals surface area contributed by atoms with Crippen molar-refractivity contribution in [1.29, 1.82) is 0 Å². The maximum atomic E-state index is 11.7. The third kappa shape index (κ3) is 6.52. The quantitative estimate of drug-likeness (QED) is 0.508. The Morgan fingerprint density at radius 2 is 1.85 bits per heavy atom. The lowest BCUT2D eigenvalue weighted by molar-refractivity contribution is 0.224. The summed E-state index contributed by atoms with van der Waals surface area (Å²) in [6, 6.07) is 0. The van der Waals surface area contributed by atoms with Gasteiger partial charge in [0.15, 0.2) is 0 Å². The van der Waals surface area contributed by atoms with Gasteiger partial charge in [-0.15, -0.1) is 11.8 Å². The zero-order valence-corrected chi connectivity index (χ0v) is 9.77. The van der Waals surface area contributed by atoms with Gasteiger partial charge in [-0.2, -0.15) is 0 Å². The van der Waals surface area contributed by atoms with Gasteiger partial charge in [-0.25, -0.2) is 0 Å². The molecule has 0 aromatic carbocycles. The number of rotatable bonds is 8. The van der Waals surface area contributed by atoms with Crippen molar-refractivity contribution in [2.75, 3.05) is 31.1 Å². The van der Waals surface area contributed by atoms with Crippen LogP contribution in [0.1, 0.15) is 13.8 Å². The maximum absolute atomic E-state index is 11.7. The lowest BCUT2D eigenvalue weighted by atomic mass is 10.9. The van der Waals surface area contributed by atoms with Crippen LogP contribution < -0.4 is 0 Å². The molecule has 0 aromatic heterocycles. The highest BCUT2D eigenvalue weighted by molar-refractivity contribution is 8.04. The SMILES string of the molecule is CCOP(=O)(CSCCO)OCC. The predicted molar refractivity (Wildman–Crippen MR) is 55.3 cm³/mol. The minimum absolute atomic E-state index is 0.0862. The first-order valence-electron chi connectivity index (χ1n) is 4.25. The second-order valence-electron chi connectivity index (χ2n) is 2.21. The van der Waals surface area contributed by atoms with E-state index in [0.717, 1.165) is 0 Å². The summed E-state index contributed by atoms with van der Waals surface area (Å²) in [7, 11) is -2.90. The van der Waals surface area contributed by atoms with Crippen molar-refractivity contribution in [3.8, 4) is 0 Å². The first-order valence-corrected chi connectivity index (χ1v) is 7.13. The number of aliphatic hydroxyl groups is 1. The Hall–Kier alpha value is 0.460. The van der Waals surface area contributed by atoms with Gasteiger partial charge in [0.05, 0.1) is 25.3 Å². The number of thioether (sulfide) groups is 1. The molecule has 0 saturated carbocycles. The molecule has 1 N–H and O–H groups in total. The van der Waals surface area contributed by atoms with Crippen LogP contribution in [0.3, 0.4) is 0 Å². The van der Waals surface area contributed by atoms with Gasteiger partial charge in [-0.1, -0.05) is 0 Å². The second-order valence-corrected chi connectivity index (χ2v) is 5.79. The van der Waals surface area contributed by atoms with E-state index < -0.39 is 7.60 Å². The Balaban J connectivity index is 3.85. The first kappa shape index (κ1) is 13.5. The van der Waals surface area contributed by atoms with Crippen LogP contribution in [0.25, 0.3) is 0 Å². The molecule has 0 radical (unpaired) electrons. The highest BCUT2D eigenvalue weighted by Crippen LogP contribution is 2.50. The summed E-state index contributed by atoms with van der Waals surface area (Å²) in [5.74, 6) is 0.560. The summed E-state index contributed by atoms with van der Waals surface area (Å²) < 4.78 is 21.8. The van der Waals surface area contributed by atoms with Gasteiger partial charge >= 0.3 is 7.60 Å².